The minimum absolute atomic E-state index is 0.0128. The van der Waals surface area contributed by atoms with Gasteiger partial charge in [-0.3, -0.25) is 0 Å². The van der Waals surface area contributed by atoms with Crippen molar-refractivity contribution >= 4 is 6.03 Å². The topological polar surface area (TPSA) is 64.6 Å². The monoisotopic (exact) mass is 333 g/mol. The number of hydrogen-bond acceptors (Lipinski definition) is 3. The smallest absolute Gasteiger partial charge is 0.315 e. The van der Waals surface area contributed by atoms with Crippen molar-refractivity contribution in [2.75, 3.05) is 20.6 Å². The van der Waals surface area contributed by atoms with Crippen LogP contribution in [0.15, 0.2) is 24.3 Å². The third-order valence-electron chi connectivity index (χ3n) is 5.32. The van der Waals surface area contributed by atoms with Gasteiger partial charge < -0.3 is 20.6 Å². The molecule has 0 bridgehead atoms. The second-order valence-corrected chi connectivity index (χ2v) is 7.28. The molecule has 2 rings (SSSR count). The van der Waals surface area contributed by atoms with Gasteiger partial charge in [-0.1, -0.05) is 44.0 Å². The summed E-state index contributed by atoms with van der Waals surface area (Å²) in [5.41, 5.74) is 1.85. The van der Waals surface area contributed by atoms with Gasteiger partial charge in [-0.05, 0) is 44.0 Å². The SMILES string of the molecule is CC1CCCC(CNC(=O)NCc2ccccc2CO)(N(C)C)C1. The van der Waals surface area contributed by atoms with Gasteiger partial charge in [-0.25, -0.2) is 4.79 Å². The molecule has 0 radical (unpaired) electrons. The molecular formula is C19H31N3O2. The first-order valence-electron chi connectivity index (χ1n) is 8.83. The van der Waals surface area contributed by atoms with Crippen LogP contribution >= 0.6 is 0 Å². The van der Waals surface area contributed by atoms with Gasteiger partial charge in [0.05, 0.1) is 6.61 Å². The van der Waals surface area contributed by atoms with Crippen molar-refractivity contribution in [3.8, 4) is 0 Å². The molecule has 1 saturated carbocycles. The molecule has 1 fully saturated rings. The Kier molecular flexibility index (Phi) is 6.63. The molecule has 1 aromatic carbocycles. The molecule has 2 atom stereocenters. The van der Waals surface area contributed by atoms with Crippen LogP contribution in [0.1, 0.15) is 43.7 Å². The van der Waals surface area contributed by atoms with Crippen LogP contribution in [0.5, 0.6) is 0 Å². The number of urea groups is 1. The molecule has 3 N–H and O–H groups in total. The third kappa shape index (κ3) is 4.71. The Balaban J connectivity index is 1.87. The van der Waals surface area contributed by atoms with Crippen molar-refractivity contribution in [1.29, 1.82) is 0 Å². The van der Waals surface area contributed by atoms with Crippen LogP contribution in [0, 0.1) is 5.92 Å². The molecule has 0 heterocycles. The summed E-state index contributed by atoms with van der Waals surface area (Å²) in [6.45, 7) is 3.37. The van der Waals surface area contributed by atoms with E-state index in [0.717, 1.165) is 24.0 Å². The van der Waals surface area contributed by atoms with Gasteiger partial charge in [0, 0.05) is 18.6 Å². The van der Waals surface area contributed by atoms with E-state index in [2.05, 4.69) is 36.6 Å². The normalized spacial score (nSPS) is 24.0. The molecule has 0 aliphatic heterocycles. The number of nitrogens with zero attached hydrogens (tertiary/aromatic N) is 1. The molecule has 2 amide bonds. The number of aliphatic hydroxyl groups is 1. The molecule has 1 aliphatic rings. The van der Waals surface area contributed by atoms with Gasteiger partial charge in [-0.2, -0.15) is 0 Å². The second-order valence-electron chi connectivity index (χ2n) is 7.28. The number of benzene rings is 1. The fourth-order valence-electron chi connectivity index (χ4n) is 3.72. The number of hydrogen-bond donors (Lipinski definition) is 3. The maximum atomic E-state index is 12.2. The summed E-state index contributed by atoms with van der Waals surface area (Å²) in [6, 6.07) is 7.45. The van der Waals surface area contributed by atoms with E-state index in [0.29, 0.717) is 19.0 Å². The summed E-state index contributed by atoms with van der Waals surface area (Å²) in [7, 11) is 4.21. The van der Waals surface area contributed by atoms with E-state index in [9.17, 15) is 9.90 Å². The number of nitrogens with one attached hydrogen (secondary N) is 2. The van der Waals surface area contributed by atoms with Gasteiger partial charge in [0.1, 0.15) is 0 Å². The van der Waals surface area contributed by atoms with E-state index >= 15 is 0 Å². The van der Waals surface area contributed by atoms with Crippen molar-refractivity contribution in [1.82, 2.24) is 15.5 Å². The van der Waals surface area contributed by atoms with Crippen LogP contribution < -0.4 is 10.6 Å². The lowest BCUT2D eigenvalue weighted by Gasteiger charge is -2.45. The summed E-state index contributed by atoms with van der Waals surface area (Å²) >= 11 is 0. The number of carbonyl (C=O) groups excluding carboxylic acids is 1. The number of aliphatic hydroxyl groups excluding tert-OH is 1. The molecule has 0 aromatic heterocycles. The molecule has 134 valence electrons. The highest BCUT2D eigenvalue weighted by Gasteiger charge is 2.37. The standard InChI is InChI=1S/C19H31N3O2/c1-15-7-6-10-19(11-15,22(2)3)14-21-18(24)20-12-16-8-4-5-9-17(16)13-23/h4-5,8-9,15,23H,6-7,10-14H2,1-3H3,(H2,20,21,24). The molecule has 1 aromatic rings. The van der Waals surface area contributed by atoms with E-state index in [1.54, 1.807) is 0 Å². The number of rotatable bonds is 6. The summed E-state index contributed by atoms with van der Waals surface area (Å²) in [4.78, 5) is 14.5. The number of carbonyl (C=O) groups is 1. The Morgan fingerprint density at radius 1 is 1.29 bits per heavy atom. The van der Waals surface area contributed by atoms with Crippen LogP contribution in [0.25, 0.3) is 0 Å². The van der Waals surface area contributed by atoms with Crippen LogP contribution in [-0.2, 0) is 13.2 Å². The average Bonchev–Trinajstić information content (AvgIpc) is 2.58. The second kappa shape index (κ2) is 8.49. The summed E-state index contributed by atoms with van der Waals surface area (Å²) < 4.78 is 0. The van der Waals surface area contributed by atoms with Crippen molar-refractivity contribution in [3.63, 3.8) is 0 Å². The first-order chi connectivity index (χ1) is 11.5. The predicted octanol–water partition coefficient (Wildman–Crippen LogP) is 2.49. The minimum Gasteiger partial charge on any atom is -0.392 e. The van der Waals surface area contributed by atoms with Gasteiger partial charge in [-0.15, -0.1) is 0 Å². The molecule has 0 saturated heterocycles. The van der Waals surface area contributed by atoms with Gasteiger partial charge in [0.2, 0.25) is 0 Å². The van der Waals surface area contributed by atoms with Crippen LogP contribution in [0.4, 0.5) is 4.79 Å². The third-order valence-corrected chi connectivity index (χ3v) is 5.32. The minimum atomic E-state index is -0.151. The Morgan fingerprint density at radius 2 is 2.00 bits per heavy atom. The largest absolute Gasteiger partial charge is 0.392 e. The molecule has 5 nitrogen and oxygen atoms in total. The van der Waals surface area contributed by atoms with Gasteiger partial charge in [0.15, 0.2) is 0 Å². The Labute approximate surface area is 145 Å². The fourth-order valence-corrected chi connectivity index (χ4v) is 3.72. The van der Waals surface area contributed by atoms with E-state index < -0.39 is 0 Å². The highest BCUT2D eigenvalue weighted by molar-refractivity contribution is 5.74. The zero-order valence-corrected chi connectivity index (χ0v) is 15.1. The first kappa shape index (κ1) is 18.7. The van der Waals surface area contributed by atoms with Crippen LogP contribution in [-0.4, -0.2) is 42.2 Å². The summed E-state index contributed by atoms with van der Waals surface area (Å²) in [6.07, 6.45) is 4.73. The predicted molar refractivity (Wildman–Crippen MR) is 96.7 cm³/mol. The average molecular weight is 333 g/mol. The van der Waals surface area contributed by atoms with Crippen LogP contribution in [0.2, 0.25) is 0 Å². The number of amides is 2. The Bertz CT molecular complexity index is 547. The van der Waals surface area contributed by atoms with E-state index in [4.69, 9.17) is 0 Å². The van der Waals surface area contributed by atoms with Crippen molar-refractivity contribution < 1.29 is 9.90 Å². The first-order valence-corrected chi connectivity index (χ1v) is 8.83. The molecule has 0 spiro atoms. The van der Waals surface area contributed by atoms with E-state index in [1.807, 2.05) is 24.3 Å². The quantitative estimate of drug-likeness (QED) is 0.749. The summed E-state index contributed by atoms with van der Waals surface area (Å²) in [5, 5.41) is 15.3. The zero-order chi connectivity index (χ0) is 17.6. The zero-order valence-electron chi connectivity index (χ0n) is 15.1. The molecule has 1 aliphatic carbocycles. The highest BCUT2D eigenvalue weighted by Crippen LogP contribution is 2.35. The molecule has 5 heteroatoms. The molecule has 24 heavy (non-hydrogen) atoms. The Hall–Kier alpha value is -1.59. The van der Waals surface area contributed by atoms with Crippen molar-refractivity contribution in [2.24, 2.45) is 5.92 Å². The lowest BCUT2D eigenvalue weighted by molar-refractivity contribution is 0.0773. The maximum absolute atomic E-state index is 12.2. The summed E-state index contributed by atoms with van der Waals surface area (Å²) in [5.74, 6) is 0.697. The maximum Gasteiger partial charge on any atom is 0.315 e. The van der Waals surface area contributed by atoms with Gasteiger partial charge >= 0.3 is 6.03 Å². The van der Waals surface area contributed by atoms with Crippen LogP contribution in [0.3, 0.4) is 0 Å². The number of likely N-dealkylation sites (N-methyl/N-ethyl adjacent to an activating group) is 1. The van der Waals surface area contributed by atoms with Gasteiger partial charge in [0.25, 0.3) is 0 Å². The lowest BCUT2D eigenvalue weighted by atomic mass is 9.75. The molecular weight excluding hydrogens is 302 g/mol. The van der Waals surface area contributed by atoms with E-state index in [1.165, 1.54) is 12.8 Å². The Morgan fingerprint density at radius 3 is 2.62 bits per heavy atom. The lowest BCUT2D eigenvalue weighted by Crippen LogP contribution is -2.56. The molecule has 2 unspecified atom stereocenters. The van der Waals surface area contributed by atoms with E-state index in [-0.39, 0.29) is 18.2 Å². The highest BCUT2D eigenvalue weighted by atomic mass is 16.3. The van der Waals surface area contributed by atoms with Crippen molar-refractivity contribution in [3.05, 3.63) is 35.4 Å². The fraction of sp³-hybridized carbons (Fsp3) is 0.632. The van der Waals surface area contributed by atoms with Crippen molar-refractivity contribution in [2.45, 2.75) is 51.3 Å².